The standard InChI is InChI=1S/C13H17NO2/c1-10-3-5-12(6-4-10)13(15)14-7-8-16-11(2)9-14/h3-6,11H,7-9H2,1-2H3/t11-/m0/s1. The summed E-state index contributed by atoms with van der Waals surface area (Å²) in [5.74, 6) is 0.107. The van der Waals surface area contributed by atoms with E-state index < -0.39 is 0 Å². The summed E-state index contributed by atoms with van der Waals surface area (Å²) in [5, 5.41) is 0. The van der Waals surface area contributed by atoms with Crippen LogP contribution in [0.25, 0.3) is 0 Å². The normalized spacial score (nSPS) is 20.9. The van der Waals surface area contributed by atoms with E-state index in [0.29, 0.717) is 19.7 Å². The average Bonchev–Trinajstić information content (AvgIpc) is 2.29. The van der Waals surface area contributed by atoms with Gasteiger partial charge in [0.25, 0.3) is 5.91 Å². The summed E-state index contributed by atoms with van der Waals surface area (Å²) in [6, 6.07) is 7.71. The number of hydrogen-bond acceptors (Lipinski definition) is 2. The molecule has 1 amide bonds. The topological polar surface area (TPSA) is 29.5 Å². The Balaban J connectivity index is 2.09. The van der Waals surface area contributed by atoms with Gasteiger partial charge in [-0.15, -0.1) is 0 Å². The largest absolute Gasteiger partial charge is 0.375 e. The number of ether oxygens (including phenoxy) is 1. The smallest absolute Gasteiger partial charge is 0.254 e. The molecule has 3 nitrogen and oxygen atoms in total. The predicted octanol–water partition coefficient (Wildman–Crippen LogP) is 1.86. The number of rotatable bonds is 1. The number of hydrogen-bond donors (Lipinski definition) is 0. The maximum atomic E-state index is 12.1. The molecule has 0 bridgehead atoms. The van der Waals surface area contributed by atoms with Crippen molar-refractivity contribution >= 4 is 5.91 Å². The van der Waals surface area contributed by atoms with Crippen molar-refractivity contribution in [2.24, 2.45) is 0 Å². The van der Waals surface area contributed by atoms with Crippen LogP contribution in [0.2, 0.25) is 0 Å². The van der Waals surface area contributed by atoms with Crippen molar-refractivity contribution in [3.63, 3.8) is 0 Å². The van der Waals surface area contributed by atoms with Gasteiger partial charge < -0.3 is 9.64 Å². The van der Waals surface area contributed by atoms with E-state index in [4.69, 9.17) is 4.74 Å². The molecule has 0 unspecified atom stereocenters. The molecular formula is C13H17NO2. The molecule has 86 valence electrons. The highest BCUT2D eigenvalue weighted by molar-refractivity contribution is 5.94. The second kappa shape index (κ2) is 4.66. The van der Waals surface area contributed by atoms with Crippen molar-refractivity contribution < 1.29 is 9.53 Å². The van der Waals surface area contributed by atoms with Crippen LogP contribution < -0.4 is 0 Å². The first kappa shape index (κ1) is 11.1. The summed E-state index contributed by atoms with van der Waals surface area (Å²) in [5.41, 5.74) is 1.94. The third-order valence-electron chi connectivity index (χ3n) is 2.83. The van der Waals surface area contributed by atoms with Crippen molar-refractivity contribution in [1.29, 1.82) is 0 Å². The van der Waals surface area contributed by atoms with Crippen LogP contribution in [0, 0.1) is 6.92 Å². The molecule has 1 heterocycles. The molecule has 0 N–H and O–H groups in total. The van der Waals surface area contributed by atoms with Gasteiger partial charge in [0.1, 0.15) is 0 Å². The molecule has 1 aliphatic heterocycles. The average molecular weight is 219 g/mol. The van der Waals surface area contributed by atoms with Crippen molar-refractivity contribution in [3.05, 3.63) is 35.4 Å². The van der Waals surface area contributed by atoms with Gasteiger partial charge in [0.15, 0.2) is 0 Å². The molecule has 3 heteroatoms. The van der Waals surface area contributed by atoms with E-state index in [0.717, 1.165) is 5.56 Å². The lowest BCUT2D eigenvalue weighted by atomic mass is 10.1. The van der Waals surface area contributed by atoms with Crippen molar-refractivity contribution in [3.8, 4) is 0 Å². The number of carbonyl (C=O) groups excluding carboxylic acids is 1. The Morgan fingerprint density at radius 1 is 1.38 bits per heavy atom. The lowest BCUT2D eigenvalue weighted by molar-refractivity contribution is -0.0124. The Bertz CT molecular complexity index is 372. The number of nitrogens with zero attached hydrogens (tertiary/aromatic N) is 1. The highest BCUT2D eigenvalue weighted by atomic mass is 16.5. The zero-order chi connectivity index (χ0) is 11.5. The summed E-state index contributed by atoms with van der Waals surface area (Å²) in [7, 11) is 0. The highest BCUT2D eigenvalue weighted by Gasteiger charge is 2.22. The number of amides is 1. The molecule has 1 atom stereocenters. The molecule has 1 aromatic carbocycles. The van der Waals surface area contributed by atoms with Gasteiger partial charge in [-0.1, -0.05) is 17.7 Å². The number of carbonyl (C=O) groups is 1. The summed E-state index contributed by atoms with van der Waals surface area (Å²) < 4.78 is 5.42. The molecule has 0 saturated carbocycles. The second-order valence-electron chi connectivity index (χ2n) is 4.30. The lowest BCUT2D eigenvalue weighted by Gasteiger charge is -2.31. The monoisotopic (exact) mass is 219 g/mol. The molecule has 1 saturated heterocycles. The van der Waals surface area contributed by atoms with E-state index in [9.17, 15) is 4.79 Å². The maximum Gasteiger partial charge on any atom is 0.254 e. The molecule has 0 radical (unpaired) electrons. The van der Waals surface area contributed by atoms with Crippen LogP contribution in [-0.4, -0.2) is 36.6 Å². The van der Waals surface area contributed by atoms with E-state index in [1.165, 1.54) is 5.56 Å². The fourth-order valence-corrected chi connectivity index (χ4v) is 1.88. The number of benzene rings is 1. The van der Waals surface area contributed by atoms with Gasteiger partial charge in [-0.05, 0) is 26.0 Å². The number of morpholine rings is 1. The van der Waals surface area contributed by atoms with Gasteiger partial charge >= 0.3 is 0 Å². The molecule has 0 aliphatic carbocycles. The third kappa shape index (κ3) is 2.42. The number of aryl methyl sites for hydroxylation is 1. The molecular weight excluding hydrogens is 202 g/mol. The maximum absolute atomic E-state index is 12.1. The summed E-state index contributed by atoms with van der Waals surface area (Å²) in [4.78, 5) is 14.0. The van der Waals surface area contributed by atoms with Gasteiger partial charge in [0.2, 0.25) is 0 Å². The third-order valence-corrected chi connectivity index (χ3v) is 2.83. The molecule has 2 rings (SSSR count). The van der Waals surface area contributed by atoms with Gasteiger partial charge in [-0.3, -0.25) is 4.79 Å². The molecule has 0 aromatic heterocycles. The molecule has 16 heavy (non-hydrogen) atoms. The van der Waals surface area contributed by atoms with Gasteiger partial charge in [-0.2, -0.15) is 0 Å². The Kier molecular flexibility index (Phi) is 3.25. The van der Waals surface area contributed by atoms with E-state index in [1.807, 2.05) is 43.0 Å². The quantitative estimate of drug-likeness (QED) is 0.721. The Labute approximate surface area is 96.0 Å². The Morgan fingerprint density at radius 2 is 2.06 bits per heavy atom. The van der Waals surface area contributed by atoms with Crippen LogP contribution in [0.4, 0.5) is 0 Å². The summed E-state index contributed by atoms with van der Waals surface area (Å²) >= 11 is 0. The predicted molar refractivity (Wildman–Crippen MR) is 62.5 cm³/mol. The lowest BCUT2D eigenvalue weighted by Crippen LogP contribution is -2.44. The minimum Gasteiger partial charge on any atom is -0.375 e. The van der Waals surface area contributed by atoms with Crippen LogP contribution in [0.15, 0.2) is 24.3 Å². The first-order chi connectivity index (χ1) is 7.66. The van der Waals surface area contributed by atoms with Crippen LogP contribution >= 0.6 is 0 Å². The van der Waals surface area contributed by atoms with Gasteiger partial charge in [-0.25, -0.2) is 0 Å². The van der Waals surface area contributed by atoms with E-state index in [-0.39, 0.29) is 12.0 Å². The summed E-state index contributed by atoms with van der Waals surface area (Å²) in [6.07, 6.45) is 0.142. The zero-order valence-electron chi connectivity index (χ0n) is 9.77. The van der Waals surface area contributed by atoms with Gasteiger partial charge in [0.05, 0.1) is 12.7 Å². The van der Waals surface area contributed by atoms with Crippen LogP contribution in [0.1, 0.15) is 22.8 Å². The minimum absolute atomic E-state index is 0.107. The molecule has 1 aromatic rings. The highest BCUT2D eigenvalue weighted by Crippen LogP contribution is 2.11. The van der Waals surface area contributed by atoms with Crippen LogP contribution in [0.5, 0.6) is 0 Å². The Morgan fingerprint density at radius 3 is 2.69 bits per heavy atom. The molecule has 1 aliphatic rings. The van der Waals surface area contributed by atoms with Gasteiger partial charge in [0, 0.05) is 18.7 Å². The molecule has 1 fully saturated rings. The van der Waals surface area contributed by atoms with Crippen molar-refractivity contribution in [2.45, 2.75) is 20.0 Å². The zero-order valence-corrected chi connectivity index (χ0v) is 9.77. The van der Waals surface area contributed by atoms with Crippen LogP contribution in [-0.2, 0) is 4.74 Å². The second-order valence-corrected chi connectivity index (χ2v) is 4.30. The SMILES string of the molecule is Cc1ccc(C(=O)N2CCO[C@@H](C)C2)cc1. The van der Waals surface area contributed by atoms with E-state index >= 15 is 0 Å². The minimum atomic E-state index is 0.107. The van der Waals surface area contributed by atoms with Crippen molar-refractivity contribution in [2.75, 3.05) is 19.7 Å². The summed E-state index contributed by atoms with van der Waals surface area (Å²) in [6.45, 7) is 6.03. The fraction of sp³-hybridized carbons (Fsp3) is 0.462. The fourth-order valence-electron chi connectivity index (χ4n) is 1.88. The van der Waals surface area contributed by atoms with E-state index in [1.54, 1.807) is 0 Å². The van der Waals surface area contributed by atoms with E-state index in [2.05, 4.69) is 0 Å². The van der Waals surface area contributed by atoms with Crippen LogP contribution in [0.3, 0.4) is 0 Å². The Hall–Kier alpha value is -1.35. The first-order valence-corrected chi connectivity index (χ1v) is 5.64. The first-order valence-electron chi connectivity index (χ1n) is 5.64. The van der Waals surface area contributed by atoms with Crippen molar-refractivity contribution in [1.82, 2.24) is 4.90 Å². The molecule has 0 spiro atoms.